The Balaban J connectivity index is 1.83. The van der Waals surface area contributed by atoms with Gasteiger partial charge in [-0.25, -0.2) is 19.2 Å². The number of rotatable bonds is 11. The molecule has 3 atom stereocenters. The molecule has 2 saturated heterocycles. The predicted octanol–water partition coefficient (Wildman–Crippen LogP) is 3.97. The van der Waals surface area contributed by atoms with E-state index in [1.54, 1.807) is 34.1 Å². The van der Waals surface area contributed by atoms with Crippen molar-refractivity contribution in [3.63, 3.8) is 0 Å². The molecule has 0 radical (unpaired) electrons. The van der Waals surface area contributed by atoms with Crippen LogP contribution in [-0.2, 0) is 16.1 Å². The van der Waals surface area contributed by atoms with Crippen LogP contribution in [0.5, 0.6) is 0 Å². The minimum atomic E-state index is -0.562. The first-order chi connectivity index (χ1) is 17.3. The summed E-state index contributed by atoms with van der Waals surface area (Å²) in [7, 11) is 1.73. The van der Waals surface area contributed by atoms with Gasteiger partial charge in [0.25, 0.3) is 0 Å². The summed E-state index contributed by atoms with van der Waals surface area (Å²) in [4.78, 5) is 43.7. The van der Waals surface area contributed by atoms with Crippen LogP contribution in [0.4, 0.5) is 9.18 Å². The van der Waals surface area contributed by atoms with Crippen LogP contribution in [0.15, 0.2) is 24.3 Å². The molecule has 4 amide bonds. The summed E-state index contributed by atoms with van der Waals surface area (Å²) >= 11 is 0. The van der Waals surface area contributed by atoms with Gasteiger partial charge in [0.2, 0.25) is 11.8 Å². The van der Waals surface area contributed by atoms with Gasteiger partial charge in [-0.2, -0.15) is 0 Å². The number of amides is 4. The maximum atomic E-state index is 13.6. The molecule has 9 heteroatoms. The molecule has 1 aromatic carbocycles. The maximum Gasteiger partial charge on any atom is 0.334 e. The van der Waals surface area contributed by atoms with Crippen LogP contribution in [0, 0.1) is 11.7 Å². The Morgan fingerprint density at radius 1 is 1.11 bits per heavy atom. The first-order valence-corrected chi connectivity index (χ1v) is 13.4. The van der Waals surface area contributed by atoms with Gasteiger partial charge < -0.3 is 15.1 Å². The highest BCUT2D eigenvalue weighted by atomic mass is 19.1. The number of urea groups is 1. The van der Waals surface area contributed by atoms with Crippen molar-refractivity contribution in [1.29, 1.82) is 0 Å². The van der Waals surface area contributed by atoms with Crippen molar-refractivity contribution in [2.24, 2.45) is 5.92 Å². The first-order valence-electron chi connectivity index (χ1n) is 13.4. The van der Waals surface area contributed by atoms with E-state index in [2.05, 4.69) is 26.1 Å². The highest BCUT2D eigenvalue weighted by molar-refractivity contribution is 5.91. The second-order valence-corrected chi connectivity index (χ2v) is 10.0. The summed E-state index contributed by atoms with van der Waals surface area (Å²) < 4.78 is 13.3. The first kappa shape index (κ1) is 27.9. The van der Waals surface area contributed by atoms with Crippen LogP contribution in [0.25, 0.3) is 0 Å². The van der Waals surface area contributed by atoms with Crippen molar-refractivity contribution in [1.82, 2.24) is 25.1 Å². The minimum absolute atomic E-state index is 0.000720. The number of fused-ring (bicyclic) bond motifs is 1. The van der Waals surface area contributed by atoms with Gasteiger partial charge in [0.05, 0.1) is 13.1 Å². The summed E-state index contributed by atoms with van der Waals surface area (Å²) in [5, 5.41) is 6.13. The highest BCUT2D eigenvalue weighted by Gasteiger charge is 2.50. The number of piperazine rings is 1. The Hall–Kier alpha value is -2.68. The number of nitrogens with zero attached hydrogens (tertiary/aromatic N) is 4. The monoisotopic (exact) mass is 503 g/mol. The number of nitrogens with one attached hydrogen (secondary N) is 1. The fourth-order valence-corrected chi connectivity index (χ4v) is 5.23. The zero-order valence-corrected chi connectivity index (χ0v) is 22.2. The van der Waals surface area contributed by atoms with Gasteiger partial charge in [-0.3, -0.25) is 9.59 Å². The van der Waals surface area contributed by atoms with Gasteiger partial charge in [0.1, 0.15) is 18.0 Å². The van der Waals surface area contributed by atoms with Crippen LogP contribution in [0.1, 0.15) is 71.3 Å². The van der Waals surface area contributed by atoms with Gasteiger partial charge in [-0.15, -0.1) is 0 Å². The third-order valence-electron chi connectivity index (χ3n) is 7.36. The molecule has 0 aromatic heterocycles. The van der Waals surface area contributed by atoms with Crippen molar-refractivity contribution in [2.45, 2.75) is 84.5 Å². The van der Waals surface area contributed by atoms with Gasteiger partial charge in [-0.1, -0.05) is 65.0 Å². The zero-order valence-electron chi connectivity index (χ0n) is 22.2. The zero-order chi connectivity index (χ0) is 26.2. The fraction of sp³-hybridized carbons (Fsp3) is 0.667. The number of benzene rings is 1. The van der Waals surface area contributed by atoms with E-state index in [0.717, 1.165) is 44.1 Å². The van der Waals surface area contributed by atoms with Crippen molar-refractivity contribution in [3.05, 3.63) is 35.6 Å². The fourth-order valence-electron chi connectivity index (χ4n) is 5.23. The van der Waals surface area contributed by atoms with Gasteiger partial charge in [-0.05, 0) is 36.5 Å². The molecule has 2 heterocycles. The van der Waals surface area contributed by atoms with Crippen LogP contribution < -0.4 is 5.32 Å². The van der Waals surface area contributed by atoms with Crippen LogP contribution in [0.2, 0.25) is 0 Å². The van der Waals surface area contributed by atoms with E-state index in [4.69, 9.17) is 0 Å². The SMILES string of the molecule is CCCCC(CC)CN1CC2N(C(=O)CN(C)N2C(=O)NCc2ccc(F)cc2)[C@@H](CCCC)C1=O. The van der Waals surface area contributed by atoms with Crippen molar-refractivity contribution >= 4 is 17.8 Å². The molecule has 0 spiro atoms. The Morgan fingerprint density at radius 2 is 1.81 bits per heavy atom. The molecule has 2 aliphatic rings. The molecule has 36 heavy (non-hydrogen) atoms. The van der Waals surface area contributed by atoms with Crippen LogP contribution in [0.3, 0.4) is 0 Å². The van der Waals surface area contributed by atoms with Crippen molar-refractivity contribution in [3.8, 4) is 0 Å². The number of carbonyl (C=O) groups is 3. The standard InChI is InChI=1S/C27H42FN5O3/c1-5-8-10-20(7-3)17-31-18-24-32(23(26(31)35)11-9-6-2)25(34)19-30(4)33(24)27(36)29-16-21-12-14-22(28)15-13-21/h12-15,20,23-24H,5-11,16-19H2,1-4H3,(H,29,36)/t20?,23-,24?/m0/s1. The molecular weight excluding hydrogens is 461 g/mol. The van der Waals surface area contributed by atoms with E-state index in [1.165, 1.54) is 12.1 Å². The number of hydrazine groups is 1. The lowest BCUT2D eigenvalue weighted by atomic mass is 9.96. The average Bonchev–Trinajstić information content (AvgIpc) is 2.86. The van der Waals surface area contributed by atoms with Gasteiger partial charge in [0, 0.05) is 20.1 Å². The van der Waals surface area contributed by atoms with E-state index in [-0.39, 0.29) is 36.8 Å². The second kappa shape index (κ2) is 13.0. The molecule has 3 rings (SSSR count). The van der Waals surface area contributed by atoms with Crippen molar-refractivity contribution in [2.75, 3.05) is 26.7 Å². The molecule has 0 aliphatic carbocycles. The Labute approximate surface area is 214 Å². The molecule has 8 nitrogen and oxygen atoms in total. The number of hydrogen-bond acceptors (Lipinski definition) is 4. The van der Waals surface area contributed by atoms with Crippen LogP contribution in [-0.4, -0.2) is 76.6 Å². The number of unbranched alkanes of at least 4 members (excludes halogenated alkanes) is 2. The number of carbonyl (C=O) groups excluding carboxylic acids is 3. The molecule has 2 aliphatic heterocycles. The van der Waals surface area contributed by atoms with Gasteiger partial charge in [0.15, 0.2) is 0 Å². The predicted molar refractivity (Wildman–Crippen MR) is 137 cm³/mol. The van der Waals surface area contributed by atoms with E-state index < -0.39 is 12.2 Å². The molecule has 2 fully saturated rings. The number of hydrogen-bond donors (Lipinski definition) is 1. The minimum Gasteiger partial charge on any atom is -0.337 e. The lowest BCUT2D eigenvalue weighted by molar-refractivity contribution is -0.188. The number of likely N-dealkylation sites (N-methyl/N-ethyl adjacent to an activating group) is 1. The molecule has 1 aromatic rings. The molecule has 200 valence electrons. The topological polar surface area (TPSA) is 76.2 Å². The summed E-state index contributed by atoms with van der Waals surface area (Å²) in [5.41, 5.74) is 0.778. The average molecular weight is 504 g/mol. The van der Waals surface area contributed by atoms with Gasteiger partial charge >= 0.3 is 6.03 Å². The largest absolute Gasteiger partial charge is 0.337 e. The Kier molecular flexibility index (Phi) is 10.1. The normalized spacial score (nSPS) is 21.5. The Morgan fingerprint density at radius 3 is 2.44 bits per heavy atom. The number of halogens is 1. The molecular formula is C27H42FN5O3. The summed E-state index contributed by atoms with van der Waals surface area (Å²) in [6, 6.07) is 5.09. The van der Waals surface area contributed by atoms with E-state index in [1.807, 2.05) is 4.90 Å². The highest BCUT2D eigenvalue weighted by Crippen LogP contribution is 2.29. The summed E-state index contributed by atoms with van der Waals surface area (Å²) in [6.45, 7) is 7.61. The third-order valence-corrected chi connectivity index (χ3v) is 7.36. The van der Waals surface area contributed by atoms with Crippen molar-refractivity contribution < 1.29 is 18.8 Å². The van der Waals surface area contributed by atoms with E-state index >= 15 is 0 Å². The summed E-state index contributed by atoms with van der Waals surface area (Å²) in [5.74, 6) is -0.0640. The van der Waals surface area contributed by atoms with Crippen LogP contribution >= 0.6 is 0 Å². The lowest BCUT2D eigenvalue weighted by Crippen LogP contribution is -2.76. The van der Waals surface area contributed by atoms with E-state index in [0.29, 0.717) is 25.4 Å². The molecule has 1 N–H and O–H groups in total. The third kappa shape index (κ3) is 6.55. The Bertz CT molecular complexity index is 896. The quantitative estimate of drug-likeness (QED) is 0.496. The molecule has 0 bridgehead atoms. The maximum absolute atomic E-state index is 13.6. The molecule has 0 saturated carbocycles. The molecule has 2 unspecified atom stereocenters. The summed E-state index contributed by atoms with van der Waals surface area (Å²) in [6.07, 6.45) is 6.06. The second-order valence-electron chi connectivity index (χ2n) is 10.0. The lowest BCUT2D eigenvalue weighted by Gasteiger charge is -2.54. The smallest absolute Gasteiger partial charge is 0.334 e. The van der Waals surface area contributed by atoms with E-state index in [9.17, 15) is 18.8 Å².